The predicted octanol–water partition coefficient (Wildman–Crippen LogP) is 2.48. The molecular formula is C23H26N8O2. The van der Waals surface area contributed by atoms with Crippen molar-refractivity contribution >= 4 is 17.2 Å². The summed E-state index contributed by atoms with van der Waals surface area (Å²) >= 11 is 0. The minimum absolute atomic E-state index is 0.148. The van der Waals surface area contributed by atoms with Crippen LogP contribution in [-0.2, 0) is 11.8 Å². The maximum absolute atomic E-state index is 6.52. The summed E-state index contributed by atoms with van der Waals surface area (Å²) in [4.78, 5) is 4.51. The minimum Gasteiger partial charge on any atom is -0.488 e. The molecule has 0 spiro atoms. The van der Waals surface area contributed by atoms with Crippen LogP contribution in [0.5, 0.6) is 5.75 Å². The maximum atomic E-state index is 6.52. The summed E-state index contributed by atoms with van der Waals surface area (Å²) < 4.78 is 15.7. The smallest absolute Gasteiger partial charge is 0.174 e. The molecule has 4 aromatic heterocycles. The lowest BCUT2D eigenvalue weighted by Gasteiger charge is -2.40. The molecule has 33 heavy (non-hydrogen) atoms. The van der Waals surface area contributed by atoms with Crippen LogP contribution in [0.3, 0.4) is 0 Å². The molecule has 0 radical (unpaired) electrons. The first-order valence-corrected chi connectivity index (χ1v) is 11.2. The Balaban J connectivity index is 1.28. The number of nitrogens with zero attached hydrogens (tertiary/aromatic N) is 6. The zero-order valence-corrected chi connectivity index (χ0v) is 18.6. The number of morpholine rings is 1. The van der Waals surface area contributed by atoms with E-state index in [1.165, 1.54) is 0 Å². The van der Waals surface area contributed by atoms with Gasteiger partial charge in [-0.3, -0.25) is 9.67 Å². The van der Waals surface area contributed by atoms with E-state index in [1.54, 1.807) is 10.9 Å². The fraction of sp³-hybridized carbons (Fsp3) is 0.391. The van der Waals surface area contributed by atoms with Gasteiger partial charge in [0.25, 0.3) is 0 Å². The molecule has 10 heteroatoms. The highest BCUT2D eigenvalue weighted by atomic mass is 16.5. The second-order valence-electron chi connectivity index (χ2n) is 8.85. The molecule has 4 aromatic rings. The van der Waals surface area contributed by atoms with E-state index < -0.39 is 0 Å². The lowest BCUT2D eigenvalue weighted by atomic mass is 9.94. The molecule has 2 N–H and O–H groups in total. The van der Waals surface area contributed by atoms with Crippen LogP contribution in [0.1, 0.15) is 18.5 Å². The summed E-state index contributed by atoms with van der Waals surface area (Å²) in [5.41, 5.74) is 4.01. The molecule has 2 saturated heterocycles. The van der Waals surface area contributed by atoms with E-state index in [4.69, 9.17) is 9.47 Å². The molecule has 10 nitrogen and oxygen atoms in total. The van der Waals surface area contributed by atoms with Gasteiger partial charge in [0.15, 0.2) is 11.6 Å². The SMILES string of the molecule is Cc1cc(-c2ccn3nc(Nc4cn(C)nn4)cc3c2)c(OC2C[C@H]3COC[C@@H](C2)N3)cn1. The summed E-state index contributed by atoms with van der Waals surface area (Å²) in [6.07, 6.45) is 7.62. The first-order valence-electron chi connectivity index (χ1n) is 11.2. The molecule has 6 rings (SSSR count). The van der Waals surface area contributed by atoms with Gasteiger partial charge in [-0.15, -0.1) is 5.10 Å². The Kier molecular flexibility index (Phi) is 4.96. The lowest BCUT2D eigenvalue weighted by Crippen LogP contribution is -2.56. The molecule has 2 fully saturated rings. The van der Waals surface area contributed by atoms with Crippen molar-refractivity contribution in [2.75, 3.05) is 18.5 Å². The Hall–Kier alpha value is -3.50. The third-order valence-corrected chi connectivity index (χ3v) is 6.14. The molecule has 3 atom stereocenters. The zero-order chi connectivity index (χ0) is 22.4. The number of hydrogen-bond donors (Lipinski definition) is 2. The molecule has 2 bridgehead atoms. The lowest BCUT2D eigenvalue weighted by molar-refractivity contribution is -0.0122. The summed E-state index contributed by atoms with van der Waals surface area (Å²) in [5, 5.41) is 19.4. The van der Waals surface area contributed by atoms with Crippen molar-refractivity contribution in [1.29, 1.82) is 0 Å². The van der Waals surface area contributed by atoms with Gasteiger partial charge in [0.2, 0.25) is 0 Å². The van der Waals surface area contributed by atoms with Gasteiger partial charge < -0.3 is 20.1 Å². The van der Waals surface area contributed by atoms with Crippen molar-refractivity contribution in [2.24, 2.45) is 7.05 Å². The molecule has 2 aliphatic rings. The van der Waals surface area contributed by atoms with Gasteiger partial charge >= 0.3 is 0 Å². The number of pyridine rings is 2. The normalized spacial score (nSPS) is 22.4. The molecular weight excluding hydrogens is 420 g/mol. The maximum Gasteiger partial charge on any atom is 0.174 e. The number of fused-ring (bicyclic) bond motifs is 3. The second-order valence-corrected chi connectivity index (χ2v) is 8.85. The van der Waals surface area contributed by atoms with Crippen molar-refractivity contribution in [3.05, 3.63) is 48.5 Å². The number of ether oxygens (including phenoxy) is 2. The standard InChI is InChI=1S/C23H26N8O2/c1-14-5-20(21(10-24-14)33-19-7-16-12-32-13-17(8-19)25-16)15-3-4-31-18(6-15)9-22(28-31)26-23-11-30(2)29-27-23/h3-6,9-11,16-17,19,25H,7-8,12-13H2,1-2H3,(H,26,28)/t16-,17+,19?. The first-order chi connectivity index (χ1) is 16.1. The van der Waals surface area contributed by atoms with Crippen LogP contribution in [0.4, 0.5) is 11.6 Å². The average Bonchev–Trinajstić information content (AvgIpc) is 3.39. The fourth-order valence-corrected chi connectivity index (χ4v) is 4.69. The van der Waals surface area contributed by atoms with Crippen LogP contribution in [0, 0.1) is 6.92 Å². The van der Waals surface area contributed by atoms with Crippen molar-refractivity contribution < 1.29 is 9.47 Å². The van der Waals surface area contributed by atoms with E-state index >= 15 is 0 Å². The van der Waals surface area contributed by atoms with E-state index in [2.05, 4.69) is 49.2 Å². The van der Waals surface area contributed by atoms with Crippen molar-refractivity contribution in [1.82, 2.24) is 34.9 Å². The molecule has 0 aliphatic carbocycles. The number of rotatable bonds is 5. The predicted molar refractivity (Wildman–Crippen MR) is 123 cm³/mol. The van der Waals surface area contributed by atoms with Crippen molar-refractivity contribution in [2.45, 2.75) is 38.0 Å². The molecule has 1 unspecified atom stereocenters. The van der Waals surface area contributed by atoms with Gasteiger partial charge in [0.05, 0.1) is 31.1 Å². The number of nitrogens with one attached hydrogen (secondary N) is 2. The van der Waals surface area contributed by atoms with Gasteiger partial charge in [-0.2, -0.15) is 5.10 Å². The summed E-state index contributed by atoms with van der Waals surface area (Å²) in [6, 6.07) is 8.95. The molecule has 0 saturated carbocycles. The molecule has 0 amide bonds. The number of aryl methyl sites for hydroxylation is 2. The number of hydrogen-bond acceptors (Lipinski definition) is 8. The Morgan fingerprint density at radius 1 is 1.15 bits per heavy atom. The number of aromatic nitrogens is 6. The van der Waals surface area contributed by atoms with Gasteiger partial charge in [0, 0.05) is 55.5 Å². The molecule has 6 heterocycles. The van der Waals surface area contributed by atoms with E-state index in [-0.39, 0.29) is 6.10 Å². The van der Waals surface area contributed by atoms with E-state index in [9.17, 15) is 0 Å². The minimum atomic E-state index is 0.148. The number of anilines is 2. The van der Waals surface area contributed by atoms with Crippen LogP contribution in [-0.4, -0.2) is 61.0 Å². The van der Waals surface area contributed by atoms with Crippen LogP contribution in [0.15, 0.2) is 42.9 Å². The Morgan fingerprint density at radius 2 is 2.00 bits per heavy atom. The van der Waals surface area contributed by atoms with Gasteiger partial charge in [-0.1, -0.05) is 5.21 Å². The van der Waals surface area contributed by atoms with Crippen LogP contribution in [0.2, 0.25) is 0 Å². The molecule has 2 aliphatic heterocycles. The van der Waals surface area contributed by atoms with Gasteiger partial charge in [-0.25, -0.2) is 4.52 Å². The van der Waals surface area contributed by atoms with Crippen molar-refractivity contribution in [3.63, 3.8) is 0 Å². The Morgan fingerprint density at radius 3 is 2.79 bits per heavy atom. The van der Waals surface area contributed by atoms with E-state index in [0.29, 0.717) is 23.7 Å². The molecule has 170 valence electrons. The quantitative estimate of drug-likeness (QED) is 0.482. The summed E-state index contributed by atoms with van der Waals surface area (Å²) in [7, 11) is 1.83. The monoisotopic (exact) mass is 446 g/mol. The topological polar surface area (TPSA) is 103 Å². The van der Waals surface area contributed by atoms with Gasteiger partial charge in [0.1, 0.15) is 11.9 Å². The third-order valence-electron chi connectivity index (χ3n) is 6.14. The van der Waals surface area contributed by atoms with Crippen LogP contribution >= 0.6 is 0 Å². The largest absolute Gasteiger partial charge is 0.488 e. The third kappa shape index (κ3) is 4.14. The Labute approximate surface area is 190 Å². The second kappa shape index (κ2) is 8.13. The highest BCUT2D eigenvalue weighted by Gasteiger charge is 2.33. The van der Waals surface area contributed by atoms with E-state index in [0.717, 1.165) is 54.1 Å². The van der Waals surface area contributed by atoms with Crippen molar-refractivity contribution in [3.8, 4) is 16.9 Å². The highest BCUT2D eigenvalue weighted by molar-refractivity contribution is 5.75. The van der Waals surface area contributed by atoms with Gasteiger partial charge in [-0.05, 0) is 30.7 Å². The fourth-order valence-electron chi connectivity index (χ4n) is 4.69. The highest BCUT2D eigenvalue weighted by Crippen LogP contribution is 2.34. The summed E-state index contributed by atoms with van der Waals surface area (Å²) in [5.74, 6) is 2.17. The molecule has 0 aromatic carbocycles. The van der Waals surface area contributed by atoms with Crippen LogP contribution < -0.4 is 15.4 Å². The van der Waals surface area contributed by atoms with Crippen LogP contribution in [0.25, 0.3) is 16.6 Å². The Bertz CT molecular complexity index is 1290. The summed E-state index contributed by atoms with van der Waals surface area (Å²) in [6.45, 7) is 3.50. The number of piperidine rings is 1. The van der Waals surface area contributed by atoms with E-state index in [1.807, 2.05) is 36.9 Å². The zero-order valence-electron chi connectivity index (χ0n) is 18.6. The average molecular weight is 447 g/mol. The first kappa shape index (κ1) is 20.1.